The normalized spacial score (nSPS) is 16.4. The van der Waals surface area contributed by atoms with Gasteiger partial charge < -0.3 is 14.6 Å². The number of fused-ring (bicyclic) bond motifs is 1. The Morgan fingerprint density at radius 3 is 3.07 bits per heavy atom. The molecule has 1 N–H and O–H groups in total. The van der Waals surface area contributed by atoms with Crippen LogP contribution in [0.2, 0.25) is 0 Å². The highest BCUT2D eigenvalue weighted by Crippen LogP contribution is 2.37. The first-order chi connectivity index (χ1) is 13.3. The van der Waals surface area contributed by atoms with Gasteiger partial charge >= 0.3 is 0 Å². The van der Waals surface area contributed by atoms with E-state index in [1.165, 1.54) is 17.5 Å². The Labute approximate surface area is 161 Å². The summed E-state index contributed by atoms with van der Waals surface area (Å²) in [6, 6.07) is 10.7. The number of nitrogens with zero attached hydrogens (tertiary/aromatic N) is 3. The van der Waals surface area contributed by atoms with Crippen LogP contribution in [0.25, 0.3) is 32.6 Å². The van der Waals surface area contributed by atoms with E-state index in [-0.39, 0.29) is 0 Å². The second-order valence-corrected chi connectivity index (χ2v) is 8.38. The van der Waals surface area contributed by atoms with Crippen LogP contribution < -0.4 is 10.1 Å². The number of nitrogens with one attached hydrogen (secondary N) is 1. The van der Waals surface area contributed by atoms with Crippen molar-refractivity contribution in [2.24, 2.45) is 5.92 Å². The SMILES string of the molecule is c1nc2ccc(-c3nc4cc(NCC5CC5)cc5c4n3CCCO5)cc2s1. The minimum atomic E-state index is 0.746. The lowest BCUT2D eigenvalue weighted by Gasteiger charge is -2.10. The van der Waals surface area contributed by atoms with Crippen molar-refractivity contribution < 1.29 is 4.74 Å². The predicted molar refractivity (Wildman–Crippen MR) is 110 cm³/mol. The van der Waals surface area contributed by atoms with Crippen LogP contribution in [0.4, 0.5) is 5.69 Å². The van der Waals surface area contributed by atoms with Crippen molar-refractivity contribution in [3.63, 3.8) is 0 Å². The molecule has 0 unspecified atom stereocenters. The van der Waals surface area contributed by atoms with Crippen LogP contribution in [-0.4, -0.2) is 27.7 Å². The zero-order valence-electron chi connectivity index (χ0n) is 14.9. The number of benzene rings is 2. The van der Waals surface area contributed by atoms with Gasteiger partial charge in [-0.2, -0.15) is 0 Å². The van der Waals surface area contributed by atoms with Crippen LogP contribution in [0.3, 0.4) is 0 Å². The van der Waals surface area contributed by atoms with E-state index in [1.807, 2.05) is 5.51 Å². The second kappa shape index (κ2) is 5.96. The van der Waals surface area contributed by atoms with Crippen molar-refractivity contribution in [1.82, 2.24) is 14.5 Å². The average Bonchev–Trinajstić information content (AvgIpc) is 3.33. The third-order valence-corrected chi connectivity index (χ3v) is 6.26. The predicted octanol–water partition coefficient (Wildman–Crippen LogP) is 4.92. The van der Waals surface area contributed by atoms with Crippen LogP contribution in [0.5, 0.6) is 5.75 Å². The monoisotopic (exact) mass is 376 g/mol. The Morgan fingerprint density at radius 2 is 2.15 bits per heavy atom. The summed E-state index contributed by atoms with van der Waals surface area (Å²) in [5, 5.41) is 3.57. The highest BCUT2D eigenvalue weighted by molar-refractivity contribution is 7.16. The molecule has 0 amide bonds. The standard InChI is InChI=1S/C21H20N4OS/c1-6-25-20-17(9-15(10-18(20)26-7-1)22-11-13-2-3-13)24-21(25)14-4-5-16-19(8-14)27-12-23-16/h4-5,8-10,12-13,22H,1-3,6-7,11H2. The third kappa shape index (κ3) is 2.67. The van der Waals surface area contributed by atoms with Gasteiger partial charge in [-0.25, -0.2) is 9.97 Å². The first-order valence-electron chi connectivity index (χ1n) is 9.60. The molecular formula is C21H20N4OS. The van der Waals surface area contributed by atoms with Gasteiger partial charge in [0.1, 0.15) is 17.1 Å². The Balaban J connectivity index is 1.50. The zero-order chi connectivity index (χ0) is 17.8. The lowest BCUT2D eigenvalue weighted by Crippen LogP contribution is -2.03. The van der Waals surface area contributed by atoms with Crippen LogP contribution in [0, 0.1) is 5.92 Å². The van der Waals surface area contributed by atoms with Gasteiger partial charge in [0.05, 0.1) is 27.9 Å². The van der Waals surface area contributed by atoms with Gasteiger partial charge in [0, 0.05) is 30.4 Å². The lowest BCUT2D eigenvalue weighted by atomic mass is 10.2. The fourth-order valence-electron chi connectivity index (χ4n) is 3.86. The Bertz CT molecular complexity index is 1160. The highest BCUT2D eigenvalue weighted by atomic mass is 32.1. The number of rotatable bonds is 4. The largest absolute Gasteiger partial charge is 0.491 e. The molecule has 1 aliphatic carbocycles. The third-order valence-electron chi connectivity index (χ3n) is 5.47. The van der Waals surface area contributed by atoms with Crippen LogP contribution >= 0.6 is 11.3 Å². The molecule has 136 valence electrons. The summed E-state index contributed by atoms with van der Waals surface area (Å²) in [5.41, 5.74) is 7.32. The smallest absolute Gasteiger partial charge is 0.147 e. The Kier molecular flexibility index (Phi) is 3.41. The summed E-state index contributed by atoms with van der Waals surface area (Å²) >= 11 is 1.67. The molecule has 1 saturated carbocycles. The summed E-state index contributed by atoms with van der Waals surface area (Å²) < 4.78 is 9.60. The maximum absolute atomic E-state index is 6.08. The minimum Gasteiger partial charge on any atom is -0.491 e. The summed E-state index contributed by atoms with van der Waals surface area (Å²) in [7, 11) is 0. The van der Waals surface area contributed by atoms with Gasteiger partial charge in [-0.1, -0.05) is 0 Å². The van der Waals surface area contributed by atoms with Crippen LogP contribution in [-0.2, 0) is 6.54 Å². The van der Waals surface area contributed by atoms with E-state index in [0.717, 1.165) is 71.4 Å². The molecule has 0 saturated heterocycles. The summed E-state index contributed by atoms with van der Waals surface area (Å²) in [4.78, 5) is 9.41. The van der Waals surface area contributed by atoms with Gasteiger partial charge in [-0.05, 0) is 49.4 Å². The molecule has 0 spiro atoms. The molecule has 3 heterocycles. The van der Waals surface area contributed by atoms with E-state index >= 15 is 0 Å². The molecule has 2 aliphatic rings. The number of thiazole rings is 1. The molecule has 5 nitrogen and oxygen atoms in total. The quantitative estimate of drug-likeness (QED) is 0.549. The maximum atomic E-state index is 6.08. The first-order valence-corrected chi connectivity index (χ1v) is 10.5. The minimum absolute atomic E-state index is 0.746. The van der Waals surface area contributed by atoms with E-state index in [4.69, 9.17) is 9.72 Å². The number of aryl methyl sites for hydroxylation is 1. The van der Waals surface area contributed by atoms with Gasteiger partial charge in [0.15, 0.2) is 0 Å². The number of anilines is 1. The first kappa shape index (κ1) is 15.5. The molecule has 2 aromatic carbocycles. The fourth-order valence-corrected chi connectivity index (χ4v) is 4.58. The fraction of sp³-hybridized carbons (Fsp3) is 0.333. The Morgan fingerprint density at radius 1 is 1.19 bits per heavy atom. The summed E-state index contributed by atoms with van der Waals surface area (Å²) in [5.74, 6) is 2.80. The topological polar surface area (TPSA) is 52.0 Å². The van der Waals surface area contributed by atoms with Gasteiger partial charge in [0.2, 0.25) is 0 Å². The van der Waals surface area contributed by atoms with Gasteiger partial charge in [-0.3, -0.25) is 0 Å². The molecule has 2 aromatic heterocycles. The van der Waals surface area contributed by atoms with Crippen molar-refractivity contribution in [3.05, 3.63) is 35.8 Å². The van der Waals surface area contributed by atoms with Gasteiger partial charge in [-0.15, -0.1) is 11.3 Å². The molecule has 27 heavy (non-hydrogen) atoms. The number of aromatic nitrogens is 3. The Hall–Kier alpha value is -2.60. The maximum Gasteiger partial charge on any atom is 0.147 e. The van der Waals surface area contributed by atoms with Crippen molar-refractivity contribution in [2.75, 3.05) is 18.5 Å². The highest BCUT2D eigenvalue weighted by Gasteiger charge is 2.23. The van der Waals surface area contributed by atoms with E-state index in [2.05, 4.69) is 45.2 Å². The van der Waals surface area contributed by atoms with Crippen molar-refractivity contribution >= 4 is 38.3 Å². The van der Waals surface area contributed by atoms with Gasteiger partial charge in [0.25, 0.3) is 0 Å². The number of imidazole rings is 1. The second-order valence-electron chi connectivity index (χ2n) is 7.49. The molecule has 1 aliphatic heterocycles. The molecular weight excluding hydrogens is 356 g/mol. The molecule has 6 heteroatoms. The van der Waals surface area contributed by atoms with Crippen LogP contribution in [0.1, 0.15) is 19.3 Å². The van der Waals surface area contributed by atoms with Crippen molar-refractivity contribution in [1.29, 1.82) is 0 Å². The molecule has 0 bridgehead atoms. The average molecular weight is 376 g/mol. The van der Waals surface area contributed by atoms with E-state index in [1.54, 1.807) is 11.3 Å². The van der Waals surface area contributed by atoms with Crippen LogP contribution in [0.15, 0.2) is 35.8 Å². The van der Waals surface area contributed by atoms with E-state index in [9.17, 15) is 0 Å². The summed E-state index contributed by atoms with van der Waals surface area (Å²) in [6.45, 7) is 2.71. The molecule has 4 aromatic rings. The van der Waals surface area contributed by atoms with Crippen molar-refractivity contribution in [2.45, 2.75) is 25.8 Å². The molecule has 0 radical (unpaired) electrons. The van der Waals surface area contributed by atoms with Crippen molar-refractivity contribution in [3.8, 4) is 17.1 Å². The van der Waals surface area contributed by atoms with E-state index < -0.39 is 0 Å². The lowest BCUT2D eigenvalue weighted by molar-refractivity contribution is 0.316. The molecule has 0 atom stereocenters. The molecule has 1 fully saturated rings. The zero-order valence-corrected chi connectivity index (χ0v) is 15.8. The van der Waals surface area contributed by atoms with E-state index in [0.29, 0.717) is 0 Å². The molecule has 6 rings (SSSR count). The summed E-state index contributed by atoms with van der Waals surface area (Å²) in [6.07, 6.45) is 3.68. The number of hydrogen-bond donors (Lipinski definition) is 1. The number of ether oxygens (including phenoxy) is 1. The number of hydrogen-bond acceptors (Lipinski definition) is 5.